The highest BCUT2D eigenvalue weighted by Gasteiger charge is 2.24. The van der Waals surface area contributed by atoms with Gasteiger partial charge < -0.3 is 14.5 Å². The summed E-state index contributed by atoms with van der Waals surface area (Å²) < 4.78 is 16.4. The maximum atomic E-state index is 13.5. The maximum Gasteiger partial charge on any atom is 0.254 e. The van der Waals surface area contributed by atoms with Crippen LogP contribution in [-0.2, 0) is 0 Å². The van der Waals surface area contributed by atoms with Gasteiger partial charge in [0, 0.05) is 42.8 Å². The molecule has 2 heterocycles. The van der Waals surface area contributed by atoms with Crippen LogP contribution in [-0.4, -0.2) is 42.0 Å². The minimum absolute atomic E-state index is 0.00683. The van der Waals surface area contributed by atoms with Crippen molar-refractivity contribution in [3.8, 4) is 0 Å². The van der Waals surface area contributed by atoms with E-state index in [9.17, 15) is 9.18 Å². The van der Waals surface area contributed by atoms with Crippen LogP contribution < -0.4 is 9.62 Å². The van der Waals surface area contributed by atoms with Gasteiger partial charge in [-0.25, -0.2) is 9.37 Å². The van der Waals surface area contributed by atoms with Crippen LogP contribution in [0.5, 0.6) is 0 Å². The molecule has 1 N–H and O–H groups in total. The van der Waals surface area contributed by atoms with Crippen molar-refractivity contribution >= 4 is 23.7 Å². The molecule has 0 radical (unpaired) electrons. The number of halogens is 1. The highest BCUT2D eigenvalue weighted by molar-refractivity contribution is 7.97. The van der Waals surface area contributed by atoms with Crippen molar-refractivity contribution in [1.82, 2.24) is 14.6 Å². The van der Waals surface area contributed by atoms with Crippen LogP contribution in [0.4, 0.5) is 10.2 Å². The van der Waals surface area contributed by atoms with E-state index < -0.39 is 5.83 Å². The van der Waals surface area contributed by atoms with E-state index in [0.29, 0.717) is 18.7 Å². The van der Waals surface area contributed by atoms with Gasteiger partial charge in [-0.1, -0.05) is 31.4 Å². The highest BCUT2D eigenvalue weighted by Crippen LogP contribution is 2.23. The van der Waals surface area contributed by atoms with Gasteiger partial charge in [-0.05, 0) is 54.8 Å². The number of amides is 1. The van der Waals surface area contributed by atoms with Crippen molar-refractivity contribution in [2.45, 2.75) is 11.8 Å². The smallest absolute Gasteiger partial charge is 0.254 e. The summed E-state index contributed by atoms with van der Waals surface area (Å²) in [7, 11) is 0. The molecule has 1 aliphatic rings. The standard InChI is InChI=1S/C23H25FN4OS/c1-4-7-21(18(3)24)26-30-19-10-9-17(2)20(16-19)23(29)28-14-12-27(13-15-28)22-8-5-6-11-25-22/h4-11,16,26H,1,3,12-15H2,2H3/b21-7+. The Bertz CT molecular complexity index is 953. The average Bonchev–Trinajstić information content (AvgIpc) is 2.77. The zero-order chi connectivity index (χ0) is 21.5. The summed E-state index contributed by atoms with van der Waals surface area (Å²) >= 11 is 1.23. The van der Waals surface area contributed by atoms with E-state index in [-0.39, 0.29) is 11.6 Å². The number of rotatable bonds is 7. The number of pyridine rings is 1. The monoisotopic (exact) mass is 424 g/mol. The van der Waals surface area contributed by atoms with Crippen molar-refractivity contribution in [2.24, 2.45) is 0 Å². The molecule has 1 amide bonds. The molecule has 30 heavy (non-hydrogen) atoms. The molecule has 1 aromatic carbocycles. The maximum absolute atomic E-state index is 13.5. The Labute approximate surface area is 181 Å². The average molecular weight is 425 g/mol. The lowest BCUT2D eigenvalue weighted by Crippen LogP contribution is -2.49. The molecule has 0 spiro atoms. The molecule has 156 valence electrons. The molecule has 1 aliphatic heterocycles. The quantitative estimate of drug-likeness (QED) is 0.524. The van der Waals surface area contributed by atoms with Crippen LogP contribution in [0.25, 0.3) is 0 Å². The molecule has 3 rings (SSSR count). The van der Waals surface area contributed by atoms with Crippen molar-refractivity contribution < 1.29 is 9.18 Å². The SMILES string of the molecule is C=C/C=C(/NSc1ccc(C)c(C(=O)N2CCN(c3ccccn3)CC2)c1)C(=C)F. The normalized spacial score (nSPS) is 14.4. The Morgan fingerprint density at radius 2 is 2.00 bits per heavy atom. The van der Waals surface area contributed by atoms with Crippen LogP contribution in [0.3, 0.4) is 0 Å². The van der Waals surface area contributed by atoms with E-state index in [1.165, 1.54) is 24.1 Å². The van der Waals surface area contributed by atoms with Crippen molar-refractivity contribution in [3.63, 3.8) is 0 Å². The summed E-state index contributed by atoms with van der Waals surface area (Å²) in [6.07, 6.45) is 4.78. The fourth-order valence-corrected chi connectivity index (χ4v) is 3.88. The summed E-state index contributed by atoms with van der Waals surface area (Å²) in [5, 5.41) is 0. The Morgan fingerprint density at radius 1 is 1.23 bits per heavy atom. The predicted octanol–water partition coefficient (Wildman–Crippen LogP) is 4.50. The molecule has 0 atom stereocenters. The number of hydrogen-bond acceptors (Lipinski definition) is 5. The number of aryl methyl sites for hydroxylation is 1. The molecule has 2 aromatic rings. The Kier molecular flexibility index (Phi) is 7.30. The van der Waals surface area contributed by atoms with Crippen LogP contribution >= 0.6 is 11.9 Å². The third-order valence-electron chi connectivity index (χ3n) is 4.84. The number of benzene rings is 1. The molecular formula is C23H25FN4OS. The summed E-state index contributed by atoms with van der Waals surface area (Å²) in [5.74, 6) is 0.368. The molecule has 0 unspecified atom stereocenters. The largest absolute Gasteiger partial charge is 0.353 e. The van der Waals surface area contributed by atoms with Gasteiger partial charge in [0.15, 0.2) is 0 Å². The second-order valence-corrected chi connectivity index (χ2v) is 7.75. The van der Waals surface area contributed by atoms with Crippen molar-refractivity contribution in [3.05, 3.63) is 90.6 Å². The lowest BCUT2D eigenvalue weighted by Gasteiger charge is -2.35. The molecule has 0 saturated carbocycles. The number of carbonyl (C=O) groups excluding carboxylic acids is 1. The fourth-order valence-electron chi connectivity index (χ4n) is 3.16. The van der Waals surface area contributed by atoms with E-state index in [1.807, 2.05) is 48.2 Å². The minimum atomic E-state index is -0.573. The first-order valence-corrected chi connectivity index (χ1v) is 10.5. The third kappa shape index (κ3) is 5.30. The summed E-state index contributed by atoms with van der Waals surface area (Å²) in [6.45, 7) is 11.6. The molecule has 0 bridgehead atoms. The number of nitrogens with one attached hydrogen (secondary N) is 1. The molecule has 5 nitrogen and oxygen atoms in total. The first-order valence-electron chi connectivity index (χ1n) is 9.66. The van der Waals surface area contributed by atoms with Gasteiger partial charge in [0.05, 0.1) is 5.70 Å². The van der Waals surface area contributed by atoms with E-state index in [4.69, 9.17) is 0 Å². The van der Waals surface area contributed by atoms with Gasteiger partial charge in [0.25, 0.3) is 5.91 Å². The number of piperazine rings is 1. The molecule has 1 fully saturated rings. The van der Waals surface area contributed by atoms with Gasteiger partial charge in [-0.3, -0.25) is 4.79 Å². The van der Waals surface area contributed by atoms with Crippen LogP contribution in [0.2, 0.25) is 0 Å². The van der Waals surface area contributed by atoms with Gasteiger partial charge in [-0.15, -0.1) is 0 Å². The first-order chi connectivity index (χ1) is 14.5. The zero-order valence-corrected chi connectivity index (χ0v) is 17.8. The second kappa shape index (κ2) is 10.1. The number of aromatic nitrogens is 1. The van der Waals surface area contributed by atoms with E-state index in [1.54, 1.807) is 6.20 Å². The van der Waals surface area contributed by atoms with Gasteiger partial charge in [0.2, 0.25) is 0 Å². The molecular weight excluding hydrogens is 399 g/mol. The van der Waals surface area contributed by atoms with Crippen LogP contribution in [0.1, 0.15) is 15.9 Å². The molecule has 7 heteroatoms. The van der Waals surface area contributed by atoms with Gasteiger partial charge in [0.1, 0.15) is 11.6 Å². The number of anilines is 1. The van der Waals surface area contributed by atoms with Gasteiger partial charge in [-0.2, -0.15) is 0 Å². The summed E-state index contributed by atoms with van der Waals surface area (Å²) in [6, 6.07) is 11.5. The molecule has 0 aliphatic carbocycles. The summed E-state index contributed by atoms with van der Waals surface area (Å²) in [4.78, 5) is 22.4. The number of hydrogen-bond donors (Lipinski definition) is 1. The predicted molar refractivity (Wildman–Crippen MR) is 121 cm³/mol. The first kappa shape index (κ1) is 21.6. The lowest BCUT2D eigenvalue weighted by molar-refractivity contribution is 0.0745. The Balaban J connectivity index is 1.66. The minimum Gasteiger partial charge on any atom is -0.353 e. The second-order valence-electron chi connectivity index (χ2n) is 6.87. The van der Waals surface area contributed by atoms with E-state index in [0.717, 1.165) is 29.4 Å². The van der Waals surface area contributed by atoms with Crippen molar-refractivity contribution in [1.29, 1.82) is 0 Å². The van der Waals surface area contributed by atoms with E-state index >= 15 is 0 Å². The molecule has 1 aromatic heterocycles. The Morgan fingerprint density at radius 3 is 2.63 bits per heavy atom. The lowest BCUT2D eigenvalue weighted by atomic mass is 10.1. The molecule has 1 saturated heterocycles. The summed E-state index contributed by atoms with van der Waals surface area (Å²) in [5.41, 5.74) is 1.81. The van der Waals surface area contributed by atoms with Crippen LogP contribution in [0.15, 0.2) is 84.3 Å². The topological polar surface area (TPSA) is 48.5 Å². The Hall–Kier alpha value is -3.06. The van der Waals surface area contributed by atoms with E-state index in [2.05, 4.69) is 27.8 Å². The number of carbonyl (C=O) groups is 1. The number of nitrogens with zero attached hydrogens (tertiary/aromatic N) is 3. The highest BCUT2D eigenvalue weighted by atomic mass is 32.2. The fraction of sp³-hybridized carbons (Fsp3) is 0.217. The third-order valence-corrected chi connectivity index (χ3v) is 5.65. The van der Waals surface area contributed by atoms with Gasteiger partial charge >= 0.3 is 0 Å². The van der Waals surface area contributed by atoms with Crippen molar-refractivity contribution in [2.75, 3.05) is 31.1 Å². The van der Waals surface area contributed by atoms with Crippen LogP contribution in [0, 0.1) is 6.92 Å². The number of allylic oxidation sites excluding steroid dienone is 3. The zero-order valence-electron chi connectivity index (χ0n) is 17.0.